The highest BCUT2D eigenvalue weighted by Gasteiger charge is 2.58. The van der Waals surface area contributed by atoms with Crippen LogP contribution < -0.4 is 5.73 Å². The van der Waals surface area contributed by atoms with Crippen molar-refractivity contribution in [3.63, 3.8) is 0 Å². The normalized spacial score (nSPS) is 27.0. The minimum Gasteiger partial charge on any atom is -0.393 e. The van der Waals surface area contributed by atoms with E-state index in [1.807, 2.05) is 0 Å². The summed E-state index contributed by atoms with van der Waals surface area (Å²) in [6.07, 6.45) is -3.79. The van der Waals surface area contributed by atoms with E-state index in [1.165, 1.54) is 6.07 Å². The van der Waals surface area contributed by atoms with E-state index in [9.17, 15) is 18.3 Å². The molecule has 0 amide bonds. The minimum absolute atomic E-state index is 0.133. The molecule has 0 spiro atoms. The first-order valence-corrected chi connectivity index (χ1v) is 5.74. The van der Waals surface area contributed by atoms with Crippen LogP contribution in [0.5, 0.6) is 0 Å². The molecule has 1 saturated carbocycles. The summed E-state index contributed by atoms with van der Waals surface area (Å²) in [7, 11) is 0. The van der Waals surface area contributed by atoms with Crippen molar-refractivity contribution in [3.8, 4) is 0 Å². The van der Waals surface area contributed by atoms with Gasteiger partial charge in [0, 0.05) is 5.92 Å². The molecule has 0 aliphatic heterocycles. The standard InChI is InChI=1S/C10H10BrF3N2O/c11-7-2-1-5(12)8(16-7)10(15,9(13)14)4-3-6(4)17/h1-2,4,6,9,17H,3,15H2/t4-,6+,10-/m0/s1. The number of hydrogen-bond acceptors (Lipinski definition) is 3. The van der Waals surface area contributed by atoms with Crippen LogP contribution in [0.4, 0.5) is 13.2 Å². The Morgan fingerprint density at radius 2 is 2.12 bits per heavy atom. The van der Waals surface area contributed by atoms with Gasteiger partial charge in [0.2, 0.25) is 0 Å². The third-order valence-electron chi connectivity index (χ3n) is 2.95. The van der Waals surface area contributed by atoms with Gasteiger partial charge in [-0.15, -0.1) is 0 Å². The Morgan fingerprint density at radius 3 is 2.59 bits per heavy atom. The average molecular weight is 311 g/mol. The van der Waals surface area contributed by atoms with Crippen LogP contribution in [0, 0.1) is 11.7 Å². The first-order valence-electron chi connectivity index (χ1n) is 4.95. The fraction of sp³-hybridized carbons (Fsp3) is 0.500. The Kier molecular flexibility index (Phi) is 3.17. The second-order valence-corrected chi connectivity index (χ2v) is 4.92. The molecule has 3 atom stereocenters. The van der Waals surface area contributed by atoms with Gasteiger partial charge in [-0.05, 0) is 34.5 Å². The molecular formula is C10H10BrF3N2O. The molecule has 17 heavy (non-hydrogen) atoms. The number of alkyl halides is 2. The van der Waals surface area contributed by atoms with Crippen molar-refractivity contribution in [2.24, 2.45) is 11.7 Å². The van der Waals surface area contributed by atoms with Crippen LogP contribution >= 0.6 is 15.9 Å². The molecule has 0 saturated heterocycles. The molecule has 1 aliphatic carbocycles. The number of nitrogens with zero attached hydrogens (tertiary/aromatic N) is 1. The van der Waals surface area contributed by atoms with Crippen molar-refractivity contribution in [3.05, 3.63) is 28.2 Å². The fourth-order valence-corrected chi connectivity index (χ4v) is 2.17. The molecule has 0 aromatic carbocycles. The molecule has 0 bridgehead atoms. The molecule has 1 aliphatic rings. The molecule has 1 fully saturated rings. The summed E-state index contributed by atoms with van der Waals surface area (Å²) >= 11 is 2.98. The van der Waals surface area contributed by atoms with Gasteiger partial charge in [-0.25, -0.2) is 18.2 Å². The van der Waals surface area contributed by atoms with Crippen LogP contribution in [0.3, 0.4) is 0 Å². The van der Waals surface area contributed by atoms with Gasteiger partial charge in [0.25, 0.3) is 6.43 Å². The van der Waals surface area contributed by atoms with Crippen LogP contribution in [0.15, 0.2) is 16.7 Å². The van der Waals surface area contributed by atoms with Gasteiger partial charge in [-0.3, -0.25) is 0 Å². The van der Waals surface area contributed by atoms with Crippen molar-refractivity contribution in [2.45, 2.75) is 24.5 Å². The second-order valence-electron chi connectivity index (χ2n) is 4.11. The SMILES string of the molecule is N[C@@](c1nc(Br)ccc1F)(C(F)F)[C@H]1C[C@H]1O. The van der Waals surface area contributed by atoms with Crippen LogP contribution in [-0.2, 0) is 5.54 Å². The van der Waals surface area contributed by atoms with Gasteiger partial charge in [0.15, 0.2) is 0 Å². The lowest BCUT2D eigenvalue weighted by Gasteiger charge is -2.28. The lowest BCUT2D eigenvalue weighted by Crippen LogP contribution is -2.48. The van der Waals surface area contributed by atoms with E-state index in [-0.39, 0.29) is 11.0 Å². The van der Waals surface area contributed by atoms with E-state index < -0.39 is 35.5 Å². The van der Waals surface area contributed by atoms with E-state index in [1.54, 1.807) is 0 Å². The average Bonchev–Trinajstić information content (AvgIpc) is 2.98. The van der Waals surface area contributed by atoms with E-state index >= 15 is 0 Å². The maximum Gasteiger partial charge on any atom is 0.262 e. The summed E-state index contributed by atoms with van der Waals surface area (Å²) in [5.41, 5.74) is 2.84. The van der Waals surface area contributed by atoms with E-state index in [2.05, 4.69) is 20.9 Å². The molecule has 1 heterocycles. The molecule has 0 radical (unpaired) electrons. The van der Waals surface area contributed by atoms with Gasteiger partial charge in [0.05, 0.1) is 6.10 Å². The number of nitrogens with two attached hydrogens (primary N) is 1. The Labute approximate surface area is 104 Å². The predicted molar refractivity (Wildman–Crippen MR) is 57.9 cm³/mol. The zero-order chi connectivity index (χ0) is 12.8. The lowest BCUT2D eigenvalue weighted by molar-refractivity contribution is 0.0234. The Balaban J connectivity index is 2.49. The third-order valence-corrected chi connectivity index (χ3v) is 3.40. The smallest absolute Gasteiger partial charge is 0.262 e. The topological polar surface area (TPSA) is 59.1 Å². The highest BCUT2D eigenvalue weighted by Crippen LogP contribution is 2.47. The number of rotatable bonds is 3. The molecule has 1 aromatic rings. The number of aromatic nitrogens is 1. The number of halogens is 4. The summed E-state index contributed by atoms with van der Waals surface area (Å²) in [5.74, 6) is -1.76. The molecule has 7 heteroatoms. The molecule has 94 valence electrons. The Bertz CT molecular complexity index is 446. The molecule has 2 rings (SSSR count). The van der Waals surface area contributed by atoms with Crippen molar-refractivity contribution >= 4 is 15.9 Å². The van der Waals surface area contributed by atoms with Gasteiger partial charge >= 0.3 is 0 Å². The van der Waals surface area contributed by atoms with Gasteiger partial charge in [-0.1, -0.05) is 0 Å². The van der Waals surface area contributed by atoms with Crippen molar-refractivity contribution in [2.75, 3.05) is 0 Å². The lowest BCUT2D eigenvalue weighted by atomic mass is 9.90. The monoisotopic (exact) mass is 310 g/mol. The van der Waals surface area contributed by atoms with Gasteiger partial charge < -0.3 is 10.8 Å². The third kappa shape index (κ3) is 2.07. The highest BCUT2D eigenvalue weighted by atomic mass is 79.9. The summed E-state index contributed by atoms with van der Waals surface area (Å²) in [4.78, 5) is 3.69. The largest absolute Gasteiger partial charge is 0.393 e. The zero-order valence-electron chi connectivity index (χ0n) is 8.58. The second kappa shape index (κ2) is 4.22. The van der Waals surface area contributed by atoms with Gasteiger partial charge in [0.1, 0.15) is 21.7 Å². The van der Waals surface area contributed by atoms with Gasteiger partial charge in [-0.2, -0.15) is 0 Å². The van der Waals surface area contributed by atoms with Crippen molar-refractivity contribution < 1.29 is 18.3 Å². The summed E-state index contributed by atoms with van der Waals surface area (Å²) in [6.45, 7) is 0. The first kappa shape index (κ1) is 12.8. The van der Waals surface area contributed by atoms with Crippen LogP contribution in [0.25, 0.3) is 0 Å². The summed E-state index contributed by atoms with van der Waals surface area (Å²) in [6, 6.07) is 2.32. The van der Waals surface area contributed by atoms with E-state index in [0.29, 0.717) is 0 Å². The predicted octanol–water partition coefficient (Wildman–Crippen LogP) is 1.78. The first-order chi connectivity index (χ1) is 7.87. The summed E-state index contributed by atoms with van der Waals surface area (Å²) < 4.78 is 40.0. The van der Waals surface area contributed by atoms with E-state index in [0.717, 1.165) is 6.07 Å². The number of pyridine rings is 1. The molecular weight excluding hydrogens is 301 g/mol. The molecule has 0 unspecified atom stereocenters. The number of aliphatic hydroxyl groups is 1. The fourth-order valence-electron chi connectivity index (χ4n) is 1.86. The Hall–Kier alpha value is -0.660. The quantitative estimate of drug-likeness (QED) is 0.837. The zero-order valence-corrected chi connectivity index (χ0v) is 10.2. The molecule has 3 nitrogen and oxygen atoms in total. The molecule has 1 aromatic heterocycles. The van der Waals surface area contributed by atoms with Crippen LogP contribution in [-0.4, -0.2) is 22.6 Å². The van der Waals surface area contributed by atoms with E-state index in [4.69, 9.17) is 5.73 Å². The molecule has 3 N–H and O–H groups in total. The van der Waals surface area contributed by atoms with Crippen LogP contribution in [0.1, 0.15) is 12.1 Å². The van der Waals surface area contributed by atoms with Crippen molar-refractivity contribution in [1.29, 1.82) is 0 Å². The Morgan fingerprint density at radius 1 is 1.53 bits per heavy atom. The minimum atomic E-state index is -3.00. The summed E-state index contributed by atoms with van der Waals surface area (Å²) in [5, 5.41) is 9.26. The maximum absolute atomic E-state index is 13.6. The number of hydrogen-bond donors (Lipinski definition) is 2. The van der Waals surface area contributed by atoms with Crippen LogP contribution in [0.2, 0.25) is 0 Å². The maximum atomic E-state index is 13.6. The highest BCUT2D eigenvalue weighted by molar-refractivity contribution is 9.10. The van der Waals surface area contributed by atoms with Crippen molar-refractivity contribution in [1.82, 2.24) is 4.98 Å². The number of aliphatic hydroxyl groups excluding tert-OH is 1.